The molecule has 0 atom stereocenters. The summed E-state index contributed by atoms with van der Waals surface area (Å²) in [6, 6.07) is 1.96. The number of hydrogen-bond acceptors (Lipinski definition) is 3. The van der Waals surface area contributed by atoms with E-state index in [-0.39, 0.29) is 0 Å². The van der Waals surface area contributed by atoms with Gasteiger partial charge in [0, 0.05) is 6.07 Å². The van der Waals surface area contributed by atoms with Gasteiger partial charge in [-0.25, -0.2) is 8.42 Å². The lowest BCUT2D eigenvalue weighted by Crippen LogP contribution is -2.37. The van der Waals surface area contributed by atoms with Gasteiger partial charge >= 0.3 is 5.51 Å². The van der Waals surface area contributed by atoms with Gasteiger partial charge in [0.1, 0.15) is 6.54 Å². The fourth-order valence-corrected chi connectivity index (χ4v) is 0.711. The molecule has 0 saturated carbocycles. The Hall–Kier alpha value is -1.53. The van der Waals surface area contributed by atoms with Gasteiger partial charge in [0.05, 0.1) is 6.20 Å². The first-order valence-electron chi connectivity index (χ1n) is 4.06. The number of nitrogens with zero attached hydrogens (tertiary/aromatic N) is 2. The summed E-state index contributed by atoms with van der Waals surface area (Å²) in [6.45, 7) is 0.642. The summed E-state index contributed by atoms with van der Waals surface area (Å²) in [5.74, 6) is 2.55. The van der Waals surface area contributed by atoms with Gasteiger partial charge in [-0.2, -0.15) is 13.2 Å². The van der Waals surface area contributed by atoms with E-state index >= 15 is 0 Å². The number of aryl methyl sites for hydroxylation is 1. The lowest BCUT2D eigenvalue weighted by atomic mass is 10.7. The molecule has 5 nitrogen and oxygen atoms in total. The molecule has 0 saturated heterocycles. The van der Waals surface area contributed by atoms with Crippen LogP contribution in [0.3, 0.4) is 0 Å². The van der Waals surface area contributed by atoms with Crippen LogP contribution in [0.1, 0.15) is 0 Å². The highest BCUT2D eigenvalue weighted by atomic mass is 32.2. The van der Waals surface area contributed by atoms with Gasteiger partial charge in [-0.1, -0.05) is 5.92 Å². The molecule has 96 valence electrons. The quantitative estimate of drug-likeness (QED) is 0.312. The number of hydrogen-bond donors (Lipinski definition) is 0. The number of halogens is 3. The monoisotopic (exact) mass is 270 g/mol. The molecule has 0 fully saturated rings. The van der Waals surface area contributed by atoms with Crippen LogP contribution in [0.2, 0.25) is 0 Å². The third-order valence-electron chi connectivity index (χ3n) is 1.50. The van der Waals surface area contributed by atoms with Crippen molar-refractivity contribution in [2.75, 3.05) is 0 Å². The Labute approximate surface area is 96.2 Å². The summed E-state index contributed by atoms with van der Waals surface area (Å²) in [7, 11) is -4.13. The molecule has 0 bridgehead atoms. The van der Waals surface area contributed by atoms with Crippen molar-refractivity contribution < 1.29 is 30.8 Å². The molecule has 17 heavy (non-hydrogen) atoms. The first-order chi connectivity index (χ1) is 7.59. The number of rotatable bonds is 1. The van der Waals surface area contributed by atoms with Crippen molar-refractivity contribution in [3.63, 3.8) is 0 Å². The smallest absolute Gasteiger partial charge is 0.485 e. The van der Waals surface area contributed by atoms with Crippen LogP contribution >= 0.6 is 0 Å². The summed E-state index contributed by atoms with van der Waals surface area (Å²) in [5.41, 5.74) is -5.65. The summed E-state index contributed by atoms with van der Waals surface area (Å²) in [5, 5.41) is 0. The second kappa shape index (κ2) is 5.70. The van der Waals surface area contributed by atoms with Gasteiger partial charge < -0.3 is 4.55 Å². The number of terminal acetylenes is 1. The van der Waals surface area contributed by atoms with Gasteiger partial charge in [0.15, 0.2) is 23.4 Å². The fourth-order valence-electron chi connectivity index (χ4n) is 0.711. The minimum Gasteiger partial charge on any atom is -0.741 e. The molecule has 0 unspecified atom stereocenters. The molecule has 0 aromatic carbocycles. The van der Waals surface area contributed by atoms with Crippen molar-refractivity contribution in [3.05, 3.63) is 18.5 Å². The zero-order chi connectivity index (χ0) is 13.7. The molecule has 0 aliphatic carbocycles. The molecular formula is C8H9F3N2O3S. The Kier molecular flexibility index (Phi) is 5.18. The van der Waals surface area contributed by atoms with Crippen molar-refractivity contribution >= 4 is 10.1 Å². The van der Waals surface area contributed by atoms with Crippen LogP contribution in [0, 0.1) is 12.3 Å². The largest absolute Gasteiger partial charge is 0.741 e. The predicted molar refractivity (Wildman–Crippen MR) is 50.2 cm³/mol. The average Bonchev–Trinajstić information content (AvgIpc) is 2.50. The van der Waals surface area contributed by atoms with E-state index in [0.29, 0.717) is 6.54 Å². The Morgan fingerprint density at radius 2 is 2.00 bits per heavy atom. The highest BCUT2D eigenvalue weighted by molar-refractivity contribution is 7.86. The van der Waals surface area contributed by atoms with E-state index in [4.69, 9.17) is 19.4 Å². The zero-order valence-electron chi connectivity index (χ0n) is 8.68. The van der Waals surface area contributed by atoms with Crippen LogP contribution in [-0.4, -0.2) is 23.2 Å². The minimum atomic E-state index is -6.09. The van der Waals surface area contributed by atoms with E-state index in [9.17, 15) is 13.2 Å². The van der Waals surface area contributed by atoms with E-state index in [1.54, 1.807) is 0 Å². The molecule has 1 rings (SSSR count). The molecule has 1 heterocycles. The van der Waals surface area contributed by atoms with E-state index in [0.717, 1.165) is 0 Å². The molecule has 0 spiro atoms. The maximum atomic E-state index is 10.7. The van der Waals surface area contributed by atoms with Crippen LogP contribution in [0.5, 0.6) is 0 Å². The normalized spacial score (nSPS) is 11.3. The Morgan fingerprint density at radius 3 is 2.24 bits per heavy atom. The van der Waals surface area contributed by atoms with Crippen molar-refractivity contribution in [3.8, 4) is 12.3 Å². The molecule has 0 N–H and O–H groups in total. The first kappa shape index (κ1) is 15.5. The third-order valence-corrected chi connectivity index (χ3v) is 2.07. The van der Waals surface area contributed by atoms with Gasteiger partial charge in [-0.05, 0) is 0 Å². The number of aromatic nitrogens is 2. The van der Waals surface area contributed by atoms with Crippen molar-refractivity contribution in [1.82, 2.24) is 4.68 Å². The molecule has 0 amide bonds. The van der Waals surface area contributed by atoms with Crippen LogP contribution in [-0.2, 0) is 23.7 Å². The second-order valence-corrected chi connectivity index (χ2v) is 4.14. The molecule has 1 aromatic rings. The lowest BCUT2D eigenvalue weighted by molar-refractivity contribution is -0.752. The maximum Gasteiger partial charge on any atom is 0.485 e. The molecule has 9 heteroatoms. The van der Waals surface area contributed by atoms with Crippen LogP contribution in [0.15, 0.2) is 18.5 Å². The molecule has 1 aromatic heterocycles. The third kappa shape index (κ3) is 5.37. The lowest BCUT2D eigenvalue weighted by Gasteiger charge is -2.08. The SMILES string of the molecule is C#CCn1ccc[n+]1C.O=S(=O)([O-])C(F)(F)F. The van der Waals surface area contributed by atoms with E-state index < -0.39 is 15.6 Å². The van der Waals surface area contributed by atoms with Gasteiger partial charge in [-0.3, -0.25) is 0 Å². The van der Waals surface area contributed by atoms with Crippen molar-refractivity contribution in [1.29, 1.82) is 0 Å². The average molecular weight is 270 g/mol. The van der Waals surface area contributed by atoms with Crippen LogP contribution in [0.25, 0.3) is 0 Å². The van der Waals surface area contributed by atoms with E-state index in [1.165, 1.54) is 0 Å². The summed E-state index contributed by atoms with van der Waals surface area (Å²) in [6.07, 6.45) is 9.00. The first-order valence-corrected chi connectivity index (χ1v) is 5.47. The Morgan fingerprint density at radius 1 is 1.53 bits per heavy atom. The predicted octanol–water partition coefficient (Wildman–Crippen LogP) is -0.00280. The number of alkyl halides is 3. The standard InChI is InChI=1S/C7H9N2.CHF3O3S/c1-3-5-9-7-4-6-8(9)2;2-1(3,4)8(5,6)7/h1,4,6-7H,5H2,2H3;(H,5,6,7)/q+1;/p-1. The molecule has 0 aliphatic heterocycles. The summed E-state index contributed by atoms with van der Waals surface area (Å²) < 4.78 is 62.8. The van der Waals surface area contributed by atoms with Gasteiger partial charge in [0.25, 0.3) is 0 Å². The van der Waals surface area contributed by atoms with Gasteiger partial charge in [0.2, 0.25) is 0 Å². The van der Waals surface area contributed by atoms with Crippen molar-refractivity contribution in [2.24, 2.45) is 7.05 Å². The topological polar surface area (TPSA) is 66.0 Å². The summed E-state index contributed by atoms with van der Waals surface area (Å²) in [4.78, 5) is 0. The summed E-state index contributed by atoms with van der Waals surface area (Å²) >= 11 is 0. The highest BCUT2D eigenvalue weighted by Gasteiger charge is 2.36. The highest BCUT2D eigenvalue weighted by Crippen LogP contribution is 2.20. The fraction of sp³-hybridized carbons (Fsp3) is 0.375. The molecule has 0 aliphatic rings. The zero-order valence-corrected chi connectivity index (χ0v) is 9.49. The van der Waals surface area contributed by atoms with E-state index in [2.05, 4.69) is 5.92 Å². The molecular weight excluding hydrogens is 261 g/mol. The van der Waals surface area contributed by atoms with Crippen molar-refractivity contribution in [2.45, 2.75) is 12.1 Å². The Balaban J connectivity index is 0.000000304. The second-order valence-electron chi connectivity index (χ2n) is 2.77. The van der Waals surface area contributed by atoms with Crippen LogP contribution < -0.4 is 4.68 Å². The van der Waals surface area contributed by atoms with Gasteiger partial charge in [-0.15, -0.1) is 15.8 Å². The molecule has 0 radical (unpaired) electrons. The van der Waals surface area contributed by atoms with E-state index in [1.807, 2.05) is 34.9 Å². The van der Waals surface area contributed by atoms with Crippen LogP contribution in [0.4, 0.5) is 13.2 Å². The minimum absolute atomic E-state index is 0.642. The Bertz CT molecular complexity index is 499. The maximum absolute atomic E-state index is 10.7.